The molecule has 0 bridgehead atoms. The number of nitrogens with one attached hydrogen (secondary N) is 1. The van der Waals surface area contributed by atoms with Crippen molar-refractivity contribution in [2.45, 2.75) is 26.3 Å². The van der Waals surface area contributed by atoms with E-state index in [0.29, 0.717) is 17.0 Å². The molecule has 0 spiro atoms. The zero-order chi connectivity index (χ0) is 12.6. The molecule has 1 aliphatic rings. The molecule has 92 valence electrons. The minimum absolute atomic E-state index is 0.0996. The van der Waals surface area contributed by atoms with Crippen molar-refractivity contribution in [3.8, 4) is 5.75 Å². The monoisotopic (exact) mass is 234 g/mol. The maximum Gasteiger partial charge on any atom is 0.255 e. The molecule has 4 heteroatoms. The third-order valence-electron chi connectivity index (χ3n) is 3.29. The zero-order valence-corrected chi connectivity index (χ0v) is 10.4. The van der Waals surface area contributed by atoms with Gasteiger partial charge in [0.1, 0.15) is 5.75 Å². The van der Waals surface area contributed by atoms with Gasteiger partial charge in [0, 0.05) is 17.8 Å². The van der Waals surface area contributed by atoms with Crippen LogP contribution in [0.4, 0.5) is 5.69 Å². The van der Waals surface area contributed by atoms with E-state index in [1.54, 1.807) is 18.2 Å². The molecule has 0 heterocycles. The van der Waals surface area contributed by atoms with Gasteiger partial charge in [-0.15, -0.1) is 0 Å². The molecule has 0 radical (unpaired) electrons. The fourth-order valence-electron chi connectivity index (χ4n) is 1.84. The van der Waals surface area contributed by atoms with E-state index < -0.39 is 0 Å². The summed E-state index contributed by atoms with van der Waals surface area (Å²) < 4.78 is 5.16. The minimum Gasteiger partial charge on any atom is -0.496 e. The number of amides is 1. The normalized spacial score (nSPS) is 20.8. The van der Waals surface area contributed by atoms with Gasteiger partial charge >= 0.3 is 0 Å². The third-order valence-corrected chi connectivity index (χ3v) is 3.29. The molecule has 3 N–H and O–H groups in total. The summed E-state index contributed by atoms with van der Waals surface area (Å²) in [7, 11) is 1.53. The highest BCUT2D eigenvalue weighted by molar-refractivity contribution is 5.97. The Morgan fingerprint density at radius 3 is 2.71 bits per heavy atom. The van der Waals surface area contributed by atoms with Crippen molar-refractivity contribution in [1.82, 2.24) is 5.32 Å². The summed E-state index contributed by atoms with van der Waals surface area (Å²) in [5.74, 6) is 0.415. The Morgan fingerprint density at radius 1 is 1.53 bits per heavy atom. The number of nitrogens with two attached hydrogens (primary N) is 1. The minimum atomic E-state index is -0.0996. The highest BCUT2D eigenvalue weighted by Crippen LogP contribution is 2.44. The van der Waals surface area contributed by atoms with Gasteiger partial charge in [-0.1, -0.05) is 13.8 Å². The summed E-state index contributed by atoms with van der Waals surface area (Å²) in [5.41, 5.74) is 6.99. The van der Waals surface area contributed by atoms with Crippen LogP contribution >= 0.6 is 0 Å². The molecule has 1 fully saturated rings. The predicted octanol–water partition coefficient (Wildman–Crippen LogP) is 1.81. The Hall–Kier alpha value is -1.71. The van der Waals surface area contributed by atoms with Crippen LogP contribution in [0.5, 0.6) is 5.75 Å². The van der Waals surface area contributed by atoms with Crippen LogP contribution in [0, 0.1) is 5.41 Å². The number of carbonyl (C=O) groups is 1. The smallest absolute Gasteiger partial charge is 0.255 e. The number of hydrogen-bond donors (Lipinski definition) is 2. The van der Waals surface area contributed by atoms with E-state index in [0.717, 1.165) is 6.42 Å². The van der Waals surface area contributed by atoms with Crippen LogP contribution < -0.4 is 15.8 Å². The third kappa shape index (κ3) is 2.35. The number of anilines is 1. The molecule has 0 aliphatic heterocycles. The van der Waals surface area contributed by atoms with E-state index in [1.165, 1.54) is 7.11 Å². The largest absolute Gasteiger partial charge is 0.496 e. The first-order chi connectivity index (χ1) is 7.94. The Kier molecular flexibility index (Phi) is 2.73. The van der Waals surface area contributed by atoms with E-state index in [2.05, 4.69) is 19.2 Å². The number of nitrogen functional groups attached to an aromatic ring is 1. The van der Waals surface area contributed by atoms with Crippen LogP contribution in [0.3, 0.4) is 0 Å². The van der Waals surface area contributed by atoms with E-state index in [1.807, 2.05) is 0 Å². The summed E-state index contributed by atoms with van der Waals surface area (Å²) in [6, 6.07) is 5.32. The highest BCUT2D eigenvalue weighted by Gasteiger charge is 2.46. The van der Waals surface area contributed by atoms with Crippen LogP contribution in [0.2, 0.25) is 0 Å². The second kappa shape index (κ2) is 3.95. The second-order valence-electron chi connectivity index (χ2n) is 5.18. The number of methoxy groups -OCH3 is 1. The molecule has 1 amide bonds. The van der Waals surface area contributed by atoms with Crippen molar-refractivity contribution in [3.05, 3.63) is 23.8 Å². The van der Waals surface area contributed by atoms with Crippen molar-refractivity contribution in [3.63, 3.8) is 0 Å². The molecule has 1 aromatic rings. The molecule has 1 unspecified atom stereocenters. The molecule has 17 heavy (non-hydrogen) atoms. The van der Waals surface area contributed by atoms with Gasteiger partial charge in [-0.05, 0) is 24.0 Å². The summed E-state index contributed by atoms with van der Waals surface area (Å²) >= 11 is 0. The van der Waals surface area contributed by atoms with Gasteiger partial charge in [-0.2, -0.15) is 0 Å². The summed E-state index contributed by atoms with van der Waals surface area (Å²) in [5, 5.41) is 2.99. The van der Waals surface area contributed by atoms with Gasteiger partial charge in [0.25, 0.3) is 5.91 Å². The topological polar surface area (TPSA) is 64.3 Å². The fourth-order valence-corrected chi connectivity index (χ4v) is 1.84. The zero-order valence-electron chi connectivity index (χ0n) is 10.4. The molecule has 0 aromatic heterocycles. The first-order valence-corrected chi connectivity index (χ1v) is 5.68. The number of hydrogen-bond acceptors (Lipinski definition) is 3. The Balaban J connectivity index is 2.14. The number of benzene rings is 1. The lowest BCUT2D eigenvalue weighted by Crippen LogP contribution is -2.28. The van der Waals surface area contributed by atoms with Crippen LogP contribution in [0.15, 0.2) is 18.2 Å². The fraction of sp³-hybridized carbons (Fsp3) is 0.462. The van der Waals surface area contributed by atoms with Crippen LogP contribution in [-0.4, -0.2) is 19.1 Å². The lowest BCUT2D eigenvalue weighted by molar-refractivity contribution is 0.0943. The molecule has 1 saturated carbocycles. The Bertz CT molecular complexity index is 455. The molecule has 0 saturated heterocycles. The molecule has 4 nitrogen and oxygen atoms in total. The van der Waals surface area contributed by atoms with Crippen molar-refractivity contribution in [1.29, 1.82) is 0 Å². The van der Waals surface area contributed by atoms with Gasteiger partial charge in [0.05, 0.1) is 12.7 Å². The maximum absolute atomic E-state index is 12.0. The Morgan fingerprint density at radius 2 is 2.18 bits per heavy atom. The number of ether oxygens (including phenoxy) is 1. The first kappa shape index (κ1) is 11.8. The molecule has 1 aliphatic carbocycles. The average molecular weight is 234 g/mol. The van der Waals surface area contributed by atoms with Crippen LogP contribution in [0.1, 0.15) is 30.6 Å². The lowest BCUT2D eigenvalue weighted by atomic mass is 10.1. The summed E-state index contributed by atoms with van der Waals surface area (Å²) in [6.45, 7) is 4.27. The van der Waals surface area contributed by atoms with Gasteiger partial charge in [0.15, 0.2) is 0 Å². The molecule has 1 atom stereocenters. The first-order valence-electron chi connectivity index (χ1n) is 5.68. The molecule has 1 aromatic carbocycles. The summed E-state index contributed by atoms with van der Waals surface area (Å²) in [4.78, 5) is 12.0. The second-order valence-corrected chi connectivity index (χ2v) is 5.18. The van der Waals surface area contributed by atoms with Gasteiger partial charge < -0.3 is 15.8 Å². The molecular formula is C13H18N2O2. The maximum atomic E-state index is 12.0. The van der Waals surface area contributed by atoms with Gasteiger partial charge in [-0.25, -0.2) is 0 Å². The van der Waals surface area contributed by atoms with Crippen molar-refractivity contribution >= 4 is 11.6 Å². The predicted molar refractivity (Wildman–Crippen MR) is 67.1 cm³/mol. The van der Waals surface area contributed by atoms with E-state index in [-0.39, 0.29) is 17.4 Å². The average Bonchev–Trinajstić information content (AvgIpc) is 2.85. The highest BCUT2D eigenvalue weighted by atomic mass is 16.5. The standard InChI is InChI=1S/C13H18N2O2/c1-13(2)7-11(13)15-12(16)9-5-4-8(14)6-10(9)17-3/h4-6,11H,7,14H2,1-3H3,(H,15,16). The summed E-state index contributed by atoms with van der Waals surface area (Å²) in [6.07, 6.45) is 1.02. The van der Waals surface area contributed by atoms with Crippen LogP contribution in [0.25, 0.3) is 0 Å². The van der Waals surface area contributed by atoms with E-state index >= 15 is 0 Å². The van der Waals surface area contributed by atoms with E-state index in [9.17, 15) is 4.79 Å². The van der Waals surface area contributed by atoms with Crippen molar-refractivity contribution in [2.24, 2.45) is 5.41 Å². The van der Waals surface area contributed by atoms with E-state index in [4.69, 9.17) is 10.5 Å². The number of rotatable bonds is 3. The SMILES string of the molecule is COc1cc(N)ccc1C(=O)NC1CC1(C)C. The molecular weight excluding hydrogens is 216 g/mol. The quantitative estimate of drug-likeness (QED) is 0.784. The van der Waals surface area contributed by atoms with Crippen LogP contribution in [-0.2, 0) is 0 Å². The van der Waals surface area contributed by atoms with Gasteiger partial charge in [-0.3, -0.25) is 4.79 Å². The Labute approximate surface area is 101 Å². The lowest BCUT2D eigenvalue weighted by Gasteiger charge is -2.10. The van der Waals surface area contributed by atoms with Crippen molar-refractivity contribution < 1.29 is 9.53 Å². The molecule has 2 rings (SSSR count). The number of carbonyl (C=O) groups excluding carboxylic acids is 1. The van der Waals surface area contributed by atoms with Gasteiger partial charge in [0.2, 0.25) is 0 Å². The van der Waals surface area contributed by atoms with Crippen molar-refractivity contribution in [2.75, 3.05) is 12.8 Å².